The molecule has 7 nitrogen and oxygen atoms in total. The molecule has 0 atom stereocenters. The number of fused-ring (bicyclic) bond motifs is 2. The number of anilines is 1. The molecule has 2 aromatic heterocycles. The van der Waals surface area contributed by atoms with Crippen LogP contribution in [-0.4, -0.2) is 25.8 Å². The van der Waals surface area contributed by atoms with Crippen molar-refractivity contribution in [3.8, 4) is 0 Å². The van der Waals surface area contributed by atoms with E-state index < -0.39 is 0 Å². The zero-order valence-electron chi connectivity index (χ0n) is 11.3. The molecule has 22 heavy (non-hydrogen) atoms. The third-order valence-electron chi connectivity index (χ3n) is 3.32. The van der Waals surface area contributed by atoms with Crippen molar-refractivity contribution in [2.24, 2.45) is 4.99 Å². The molecule has 1 aliphatic heterocycles. The quantitative estimate of drug-likeness (QED) is 0.685. The van der Waals surface area contributed by atoms with Gasteiger partial charge in [0.2, 0.25) is 0 Å². The number of nitrogens with one attached hydrogen (secondary N) is 1. The zero-order valence-corrected chi connectivity index (χ0v) is 12.1. The lowest BCUT2D eigenvalue weighted by molar-refractivity contribution is -0.112. The number of hydrogen-bond acceptors (Lipinski definition) is 5. The molecule has 0 spiro atoms. The number of H-pyrrole nitrogens is 1. The lowest BCUT2D eigenvalue weighted by Gasteiger charge is -2.02. The maximum absolute atomic E-state index is 11.3. The molecule has 0 saturated carbocycles. The number of aromatic nitrogens is 4. The summed E-state index contributed by atoms with van der Waals surface area (Å²) in [5.74, 6) is 0.749. The first kappa shape index (κ1) is 14.2. The van der Waals surface area contributed by atoms with Crippen LogP contribution < -0.4 is 16.3 Å². The minimum Gasteiger partial charge on any atom is -0.382 e. The summed E-state index contributed by atoms with van der Waals surface area (Å²) in [5, 5.41) is 1.53. The molecule has 3 aromatic rings. The van der Waals surface area contributed by atoms with Crippen LogP contribution in [0, 0.1) is 0 Å². The van der Waals surface area contributed by atoms with Gasteiger partial charge in [-0.25, -0.2) is 19.9 Å². The molecule has 8 heteroatoms. The Balaban J connectivity index is 0.00000144. The van der Waals surface area contributed by atoms with Crippen molar-refractivity contribution in [2.75, 3.05) is 5.73 Å². The first-order valence-electron chi connectivity index (χ1n) is 6.38. The van der Waals surface area contributed by atoms with E-state index in [1.54, 1.807) is 0 Å². The van der Waals surface area contributed by atoms with E-state index in [0.717, 1.165) is 10.8 Å². The van der Waals surface area contributed by atoms with Gasteiger partial charge < -0.3 is 10.7 Å². The van der Waals surface area contributed by atoms with Gasteiger partial charge in [-0.1, -0.05) is 6.07 Å². The van der Waals surface area contributed by atoms with E-state index in [-0.39, 0.29) is 18.3 Å². The van der Waals surface area contributed by atoms with Crippen molar-refractivity contribution in [1.29, 1.82) is 0 Å². The van der Waals surface area contributed by atoms with Crippen LogP contribution in [0.5, 0.6) is 0 Å². The highest BCUT2D eigenvalue weighted by atomic mass is 35.5. The van der Waals surface area contributed by atoms with E-state index in [1.165, 1.54) is 12.4 Å². The molecule has 0 radical (unpaired) electrons. The molecule has 1 amide bonds. The van der Waals surface area contributed by atoms with Crippen LogP contribution in [0.15, 0.2) is 29.5 Å². The number of carbonyl (C=O) groups excluding carboxylic acids is 1. The number of nitrogens with zero attached hydrogens (tertiary/aromatic N) is 4. The van der Waals surface area contributed by atoms with Gasteiger partial charge in [-0.15, -0.1) is 12.4 Å². The number of nitrogens with two attached hydrogens (primary N) is 1. The van der Waals surface area contributed by atoms with Crippen LogP contribution in [0.4, 0.5) is 5.82 Å². The summed E-state index contributed by atoms with van der Waals surface area (Å²) < 4.78 is 0. The molecule has 3 N–H and O–H groups in total. The van der Waals surface area contributed by atoms with Crippen molar-refractivity contribution in [3.63, 3.8) is 0 Å². The Hall–Kier alpha value is -2.80. The van der Waals surface area contributed by atoms with E-state index in [1.807, 2.05) is 18.2 Å². The Morgan fingerprint density at radius 1 is 1.23 bits per heavy atom. The first-order valence-corrected chi connectivity index (χ1v) is 6.38. The average Bonchev–Trinajstić information content (AvgIpc) is 3.03. The molecule has 0 fully saturated rings. The highest BCUT2D eigenvalue weighted by Gasteiger charge is 2.09. The third-order valence-corrected chi connectivity index (χ3v) is 3.32. The van der Waals surface area contributed by atoms with Gasteiger partial charge in [0.25, 0.3) is 5.91 Å². The molecule has 1 aromatic carbocycles. The van der Waals surface area contributed by atoms with Crippen molar-refractivity contribution < 1.29 is 4.79 Å². The first-order chi connectivity index (χ1) is 10.2. The summed E-state index contributed by atoms with van der Waals surface area (Å²) in [7, 11) is 0. The number of hydrogen-bond donors (Lipinski definition) is 2. The number of nitrogen functional groups attached to an aromatic ring is 1. The third kappa shape index (κ3) is 2.31. The lowest BCUT2D eigenvalue weighted by Crippen LogP contribution is -2.21. The predicted octanol–water partition coefficient (Wildman–Crippen LogP) is -0.112. The van der Waals surface area contributed by atoms with Crippen molar-refractivity contribution >= 4 is 41.4 Å². The van der Waals surface area contributed by atoms with Crippen LogP contribution in [0.2, 0.25) is 0 Å². The molecule has 4 rings (SSSR count). The Kier molecular flexibility index (Phi) is 3.34. The molecule has 0 bridgehead atoms. The molecule has 3 heterocycles. The fourth-order valence-corrected chi connectivity index (χ4v) is 2.38. The topological polar surface area (TPSA) is 110 Å². The lowest BCUT2D eigenvalue weighted by atomic mass is 10.1. The molecule has 0 unspecified atom stereocenters. The van der Waals surface area contributed by atoms with E-state index in [0.29, 0.717) is 34.6 Å². The number of carbonyl (C=O) groups is 1. The summed E-state index contributed by atoms with van der Waals surface area (Å²) in [6.45, 7) is 0. The normalized spacial score (nSPS) is 12.5. The highest BCUT2D eigenvalue weighted by Crippen LogP contribution is 2.14. The van der Waals surface area contributed by atoms with Crippen molar-refractivity contribution in [1.82, 2.24) is 19.9 Å². The van der Waals surface area contributed by atoms with Gasteiger partial charge in [0.15, 0.2) is 11.5 Å². The van der Waals surface area contributed by atoms with E-state index in [2.05, 4.69) is 24.9 Å². The average molecular weight is 315 g/mol. The Labute approximate surface area is 130 Å². The second kappa shape index (κ2) is 5.19. The minimum absolute atomic E-state index is 0. The summed E-state index contributed by atoms with van der Waals surface area (Å²) in [5.41, 5.74) is 8.06. The van der Waals surface area contributed by atoms with Crippen LogP contribution >= 0.6 is 12.4 Å². The number of imidazole rings is 1. The zero-order chi connectivity index (χ0) is 14.4. The van der Waals surface area contributed by atoms with E-state index >= 15 is 0 Å². The second-order valence-electron chi connectivity index (χ2n) is 4.79. The smallest absolute Gasteiger partial charge is 0.270 e. The maximum atomic E-state index is 11.3. The molecule has 0 saturated heterocycles. The van der Waals surface area contributed by atoms with Crippen LogP contribution in [0.3, 0.4) is 0 Å². The SMILES string of the molecule is Cl.Nc1nc(Cc2ccc3c(c2)=CC(=O)N=3)nc2nc[nH]c12. The van der Waals surface area contributed by atoms with Gasteiger partial charge >= 0.3 is 0 Å². The number of benzene rings is 1. The molecule has 110 valence electrons. The van der Waals surface area contributed by atoms with Gasteiger partial charge in [0, 0.05) is 17.7 Å². The Morgan fingerprint density at radius 3 is 2.95 bits per heavy atom. The molecule has 0 aliphatic carbocycles. The van der Waals surface area contributed by atoms with Crippen LogP contribution in [-0.2, 0) is 11.2 Å². The number of rotatable bonds is 2. The Bertz CT molecular complexity index is 1010. The van der Waals surface area contributed by atoms with E-state index in [9.17, 15) is 4.79 Å². The molecule has 1 aliphatic rings. The number of aromatic amines is 1. The molecular formula is C14H11ClN6O. The van der Waals surface area contributed by atoms with Crippen molar-refractivity contribution in [2.45, 2.75) is 6.42 Å². The standard InChI is InChI=1S/C14H10N6O.ClH/c15-13-12-14(17-6-16-12)20-10(19-13)4-7-1-2-9-8(3-7)5-11(21)18-9;/h1-3,5-6H,4H2,(H3,15,16,17,19,20);1H. The molecular weight excluding hydrogens is 304 g/mol. The largest absolute Gasteiger partial charge is 0.382 e. The fraction of sp³-hybridized carbons (Fsp3) is 0.0714. The van der Waals surface area contributed by atoms with Gasteiger partial charge in [-0.2, -0.15) is 0 Å². The van der Waals surface area contributed by atoms with Gasteiger partial charge in [0.05, 0.1) is 11.7 Å². The highest BCUT2D eigenvalue weighted by molar-refractivity contribution is 6.06. The summed E-state index contributed by atoms with van der Waals surface area (Å²) in [6, 6.07) is 5.64. The predicted molar refractivity (Wildman–Crippen MR) is 82.8 cm³/mol. The van der Waals surface area contributed by atoms with Crippen LogP contribution in [0.1, 0.15) is 11.4 Å². The van der Waals surface area contributed by atoms with Crippen LogP contribution in [0.25, 0.3) is 17.2 Å². The van der Waals surface area contributed by atoms with Gasteiger partial charge in [0.1, 0.15) is 11.3 Å². The second-order valence-corrected chi connectivity index (χ2v) is 4.79. The maximum Gasteiger partial charge on any atom is 0.270 e. The summed E-state index contributed by atoms with van der Waals surface area (Å²) >= 11 is 0. The minimum atomic E-state index is -0.222. The fourth-order valence-electron chi connectivity index (χ4n) is 2.38. The summed E-state index contributed by atoms with van der Waals surface area (Å²) in [4.78, 5) is 30.8. The van der Waals surface area contributed by atoms with Gasteiger partial charge in [-0.3, -0.25) is 4.79 Å². The van der Waals surface area contributed by atoms with Gasteiger partial charge in [-0.05, 0) is 17.7 Å². The van der Waals surface area contributed by atoms with Crippen molar-refractivity contribution in [3.05, 3.63) is 46.5 Å². The number of amides is 1. The Morgan fingerprint density at radius 2 is 2.09 bits per heavy atom. The summed E-state index contributed by atoms with van der Waals surface area (Å²) in [6.07, 6.45) is 3.57. The number of halogens is 1. The van der Waals surface area contributed by atoms with E-state index in [4.69, 9.17) is 5.73 Å². The monoisotopic (exact) mass is 314 g/mol.